The average Bonchev–Trinajstić information content (AvgIpc) is 2.26. The second-order valence-electron chi connectivity index (χ2n) is 3.65. The molecule has 0 atom stereocenters. The molecule has 0 aromatic heterocycles. The Morgan fingerprint density at radius 2 is 2.12 bits per heavy atom. The van der Waals surface area contributed by atoms with Gasteiger partial charge in [0.25, 0.3) is 0 Å². The molecule has 4 heteroatoms. The molecule has 0 aliphatic carbocycles. The molecular formula is C12H18FN3. The summed E-state index contributed by atoms with van der Waals surface area (Å²) in [5, 5.41) is 7.46. The molecule has 0 fully saturated rings. The van der Waals surface area contributed by atoms with Gasteiger partial charge in [0.2, 0.25) is 0 Å². The number of rotatable bonds is 5. The summed E-state index contributed by atoms with van der Waals surface area (Å²) in [7, 11) is 0. The highest BCUT2D eigenvalue weighted by atomic mass is 19.1. The molecule has 0 bridgehead atoms. The number of hydrogen-bond donors (Lipinski definition) is 2. The second kappa shape index (κ2) is 5.49. The number of nitrogens with one attached hydrogen (secondary N) is 1. The van der Waals surface area contributed by atoms with Crippen LogP contribution in [0.1, 0.15) is 25.8 Å². The molecule has 0 spiro atoms. The Hall–Kier alpha value is -1.58. The Labute approximate surface area is 95.6 Å². The van der Waals surface area contributed by atoms with Crippen molar-refractivity contribution >= 4 is 11.5 Å². The number of nitrogens with zero attached hydrogens (tertiary/aromatic N) is 1. The third-order valence-electron chi connectivity index (χ3n) is 2.46. The number of nitrogens with two attached hydrogens (primary N) is 1. The summed E-state index contributed by atoms with van der Waals surface area (Å²) in [6.45, 7) is 5.81. The van der Waals surface area contributed by atoms with Crippen LogP contribution < -0.4 is 10.6 Å². The first kappa shape index (κ1) is 12.5. The van der Waals surface area contributed by atoms with E-state index in [0.717, 1.165) is 25.2 Å². The molecule has 88 valence electrons. The molecule has 0 amide bonds. The number of hydrogen-bond acceptors (Lipinski definition) is 2. The number of amidine groups is 1. The first-order valence-corrected chi connectivity index (χ1v) is 5.49. The van der Waals surface area contributed by atoms with Crippen molar-refractivity contribution < 1.29 is 4.39 Å². The zero-order chi connectivity index (χ0) is 12.1. The van der Waals surface area contributed by atoms with Gasteiger partial charge in [-0.1, -0.05) is 6.92 Å². The van der Waals surface area contributed by atoms with Gasteiger partial charge < -0.3 is 10.6 Å². The predicted molar refractivity (Wildman–Crippen MR) is 65.6 cm³/mol. The zero-order valence-electron chi connectivity index (χ0n) is 9.76. The minimum atomic E-state index is -0.360. The molecule has 0 aliphatic heterocycles. The van der Waals surface area contributed by atoms with E-state index in [4.69, 9.17) is 11.1 Å². The topological polar surface area (TPSA) is 53.1 Å². The van der Waals surface area contributed by atoms with Crippen molar-refractivity contribution in [1.29, 1.82) is 5.41 Å². The summed E-state index contributed by atoms with van der Waals surface area (Å²) < 4.78 is 13.1. The predicted octanol–water partition coefficient (Wildman–Crippen LogP) is 2.35. The van der Waals surface area contributed by atoms with Crippen molar-refractivity contribution in [2.45, 2.75) is 20.3 Å². The molecule has 16 heavy (non-hydrogen) atoms. The SMILES string of the molecule is CCCN(CC)c1ccc(F)cc1C(=N)N. The van der Waals surface area contributed by atoms with Gasteiger partial charge >= 0.3 is 0 Å². The highest BCUT2D eigenvalue weighted by Crippen LogP contribution is 2.21. The summed E-state index contributed by atoms with van der Waals surface area (Å²) in [5.74, 6) is -0.453. The number of nitrogen functional groups attached to an aromatic ring is 1. The van der Waals surface area contributed by atoms with E-state index in [2.05, 4.69) is 11.8 Å². The van der Waals surface area contributed by atoms with Gasteiger partial charge in [-0.25, -0.2) is 4.39 Å². The molecule has 1 aromatic rings. The first-order valence-electron chi connectivity index (χ1n) is 5.49. The van der Waals surface area contributed by atoms with Crippen molar-refractivity contribution in [3.05, 3.63) is 29.6 Å². The van der Waals surface area contributed by atoms with Crippen LogP contribution in [-0.2, 0) is 0 Å². The molecule has 3 N–H and O–H groups in total. The maximum absolute atomic E-state index is 13.1. The monoisotopic (exact) mass is 223 g/mol. The van der Waals surface area contributed by atoms with Crippen molar-refractivity contribution in [3.8, 4) is 0 Å². The van der Waals surface area contributed by atoms with Crippen LogP contribution in [0.2, 0.25) is 0 Å². The van der Waals surface area contributed by atoms with Crippen LogP contribution in [0.25, 0.3) is 0 Å². The second-order valence-corrected chi connectivity index (χ2v) is 3.65. The Morgan fingerprint density at radius 3 is 2.62 bits per heavy atom. The quantitative estimate of drug-likeness (QED) is 0.594. The van der Waals surface area contributed by atoms with Crippen LogP contribution >= 0.6 is 0 Å². The van der Waals surface area contributed by atoms with Gasteiger partial charge in [-0.05, 0) is 31.5 Å². The lowest BCUT2D eigenvalue weighted by Crippen LogP contribution is -2.27. The van der Waals surface area contributed by atoms with E-state index in [1.165, 1.54) is 12.1 Å². The Morgan fingerprint density at radius 1 is 1.44 bits per heavy atom. The highest BCUT2D eigenvalue weighted by molar-refractivity contribution is 6.00. The molecule has 3 nitrogen and oxygen atoms in total. The molecule has 0 unspecified atom stereocenters. The van der Waals surface area contributed by atoms with Crippen LogP contribution in [0.15, 0.2) is 18.2 Å². The molecule has 1 aromatic carbocycles. The van der Waals surface area contributed by atoms with Gasteiger partial charge in [-0.2, -0.15) is 0 Å². The van der Waals surface area contributed by atoms with Crippen molar-refractivity contribution in [3.63, 3.8) is 0 Å². The summed E-state index contributed by atoms with van der Waals surface area (Å²) in [5.41, 5.74) is 6.76. The molecule has 0 aliphatic rings. The van der Waals surface area contributed by atoms with Crippen molar-refractivity contribution in [2.75, 3.05) is 18.0 Å². The summed E-state index contributed by atoms with van der Waals surface area (Å²) in [6.07, 6.45) is 1.00. The van der Waals surface area contributed by atoms with Crippen LogP contribution in [0.4, 0.5) is 10.1 Å². The summed E-state index contributed by atoms with van der Waals surface area (Å²) in [4.78, 5) is 2.09. The van der Waals surface area contributed by atoms with Crippen LogP contribution in [0, 0.1) is 11.2 Å². The Balaban J connectivity index is 3.14. The van der Waals surface area contributed by atoms with Crippen LogP contribution in [0.5, 0.6) is 0 Å². The van der Waals surface area contributed by atoms with Gasteiger partial charge in [0.1, 0.15) is 11.7 Å². The maximum Gasteiger partial charge on any atom is 0.125 e. The minimum absolute atomic E-state index is 0.0935. The van der Waals surface area contributed by atoms with Gasteiger partial charge in [-0.3, -0.25) is 5.41 Å². The average molecular weight is 223 g/mol. The zero-order valence-corrected chi connectivity index (χ0v) is 9.76. The molecule has 0 heterocycles. The Kier molecular flexibility index (Phi) is 4.28. The van der Waals surface area contributed by atoms with Gasteiger partial charge in [0.05, 0.1) is 0 Å². The number of anilines is 1. The van der Waals surface area contributed by atoms with E-state index >= 15 is 0 Å². The lowest BCUT2D eigenvalue weighted by molar-refractivity contribution is 0.627. The van der Waals surface area contributed by atoms with Crippen molar-refractivity contribution in [2.24, 2.45) is 5.73 Å². The fraction of sp³-hybridized carbons (Fsp3) is 0.417. The maximum atomic E-state index is 13.1. The molecule has 0 saturated heterocycles. The Bertz CT molecular complexity index is 377. The molecule has 1 rings (SSSR count). The normalized spacial score (nSPS) is 10.2. The molecule has 0 radical (unpaired) electrons. The smallest absolute Gasteiger partial charge is 0.125 e. The van der Waals surface area contributed by atoms with E-state index in [1.54, 1.807) is 6.07 Å². The standard InChI is InChI=1S/C12H18FN3/c1-3-7-16(4-2)11-6-5-9(13)8-10(11)12(14)15/h5-6,8H,3-4,7H2,1-2H3,(H3,14,15). The van der Waals surface area contributed by atoms with E-state index in [9.17, 15) is 4.39 Å². The van der Waals surface area contributed by atoms with E-state index in [1.807, 2.05) is 6.92 Å². The van der Waals surface area contributed by atoms with Crippen molar-refractivity contribution in [1.82, 2.24) is 0 Å². The molecular weight excluding hydrogens is 205 g/mol. The summed E-state index contributed by atoms with van der Waals surface area (Å²) >= 11 is 0. The van der Waals surface area contributed by atoms with Crippen LogP contribution in [0.3, 0.4) is 0 Å². The third-order valence-corrected chi connectivity index (χ3v) is 2.46. The van der Waals surface area contributed by atoms with Gasteiger partial charge in [-0.15, -0.1) is 0 Å². The van der Waals surface area contributed by atoms with E-state index in [-0.39, 0.29) is 11.7 Å². The highest BCUT2D eigenvalue weighted by Gasteiger charge is 2.11. The van der Waals surface area contributed by atoms with Crippen LogP contribution in [-0.4, -0.2) is 18.9 Å². The summed E-state index contributed by atoms with van der Waals surface area (Å²) in [6, 6.07) is 4.40. The van der Waals surface area contributed by atoms with Gasteiger partial charge in [0, 0.05) is 24.3 Å². The first-order chi connectivity index (χ1) is 7.60. The van der Waals surface area contributed by atoms with E-state index in [0.29, 0.717) is 5.56 Å². The van der Waals surface area contributed by atoms with Gasteiger partial charge in [0.15, 0.2) is 0 Å². The largest absolute Gasteiger partial charge is 0.384 e. The fourth-order valence-electron chi connectivity index (χ4n) is 1.72. The minimum Gasteiger partial charge on any atom is -0.384 e. The number of halogens is 1. The lowest BCUT2D eigenvalue weighted by Gasteiger charge is -2.24. The van der Waals surface area contributed by atoms with E-state index < -0.39 is 0 Å². The third kappa shape index (κ3) is 2.72. The lowest BCUT2D eigenvalue weighted by atomic mass is 10.1. The number of benzene rings is 1. The fourth-order valence-corrected chi connectivity index (χ4v) is 1.72. The molecule has 0 saturated carbocycles.